The first-order valence-corrected chi connectivity index (χ1v) is 6.04. The molecule has 0 aliphatic heterocycles. The minimum absolute atomic E-state index is 0.0375. The molecule has 108 valence electrons. The van der Waals surface area contributed by atoms with Crippen LogP contribution in [0.1, 0.15) is 39.5 Å². The summed E-state index contributed by atoms with van der Waals surface area (Å²) in [6, 6.07) is -1.11. The zero-order valence-electron chi connectivity index (χ0n) is 11.1. The summed E-state index contributed by atoms with van der Waals surface area (Å²) in [5.41, 5.74) is 0. The Kier molecular flexibility index (Phi) is 8.15. The lowest BCUT2D eigenvalue weighted by atomic mass is 10.1. The fourth-order valence-corrected chi connectivity index (χ4v) is 1.32. The van der Waals surface area contributed by atoms with Gasteiger partial charge in [0.25, 0.3) is 0 Å². The second-order valence-corrected chi connectivity index (χ2v) is 4.00. The van der Waals surface area contributed by atoms with E-state index in [9.17, 15) is 19.2 Å². The van der Waals surface area contributed by atoms with Crippen molar-refractivity contribution >= 4 is 23.6 Å². The van der Waals surface area contributed by atoms with E-state index in [1.165, 1.54) is 6.92 Å². The number of Topliss-reactive ketones (excluding diaryl/α,β-unsaturated/α-hetero) is 1. The number of ketones is 1. The van der Waals surface area contributed by atoms with Crippen molar-refractivity contribution in [3.8, 4) is 0 Å². The Balaban J connectivity index is 4.13. The number of carboxylic acids is 1. The summed E-state index contributed by atoms with van der Waals surface area (Å²) in [5, 5.41) is 11.1. The highest BCUT2D eigenvalue weighted by molar-refractivity contribution is 5.86. The molecule has 0 aliphatic carbocycles. The molecular formula is C12H19NO6. The molecule has 0 saturated heterocycles. The number of hydrogen-bond donors (Lipinski definition) is 2. The van der Waals surface area contributed by atoms with E-state index in [1.54, 1.807) is 6.92 Å². The number of amides is 1. The van der Waals surface area contributed by atoms with Crippen molar-refractivity contribution in [2.24, 2.45) is 0 Å². The first-order valence-electron chi connectivity index (χ1n) is 6.04. The smallest absolute Gasteiger partial charge is 0.326 e. The number of hydrogen-bond acceptors (Lipinski definition) is 5. The first kappa shape index (κ1) is 17.1. The van der Waals surface area contributed by atoms with Crippen molar-refractivity contribution in [2.75, 3.05) is 6.61 Å². The summed E-state index contributed by atoms with van der Waals surface area (Å²) in [7, 11) is 0. The molecule has 7 nitrogen and oxygen atoms in total. The topological polar surface area (TPSA) is 110 Å². The lowest BCUT2D eigenvalue weighted by Gasteiger charge is -2.13. The minimum Gasteiger partial charge on any atom is -0.480 e. The Hall–Kier alpha value is -1.92. The molecule has 0 aliphatic rings. The van der Waals surface area contributed by atoms with E-state index in [1.807, 2.05) is 0 Å². The predicted octanol–water partition coefficient (Wildman–Crippen LogP) is 0.268. The van der Waals surface area contributed by atoms with Crippen LogP contribution < -0.4 is 5.32 Å². The number of carbonyl (C=O) groups is 4. The second kappa shape index (κ2) is 9.07. The first-order chi connectivity index (χ1) is 8.86. The normalized spacial score (nSPS) is 11.5. The van der Waals surface area contributed by atoms with E-state index in [0.29, 0.717) is 0 Å². The highest BCUT2D eigenvalue weighted by atomic mass is 16.5. The number of aliphatic carboxylic acids is 1. The fourth-order valence-electron chi connectivity index (χ4n) is 1.32. The maximum Gasteiger partial charge on any atom is 0.326 e. The van der Waals surface area contributed by atoms with Gasteiger partial charge in [-0.1, -0.05) is 0 Å². The van der Waals surface area contributed by atoms with Crippen LogP contribution in [-0.4, -0.2) is 41.4 Å². The van der Waals surface area contributed by atoms with Gasteiger partial charge in [-0.2, -0.15) is 0 Å². The van der Waals surface area contributed by atoms with Gasteiger partial charge in [-0.05, 0) is 20.3 Å². The van der Waals surface area contributed by atoms with Gasteiger partial charge in [0.15, 0.2) is 0 Å². The van der Waals surface area contributed by atoms with Gasteiger partial charge in [0, 0.05) is 12.8 Å². The summed E-state index contributed by atoms with van der Waals surface area (Å²) in [4.78, 5) is 44.1. The summed E-state index contributed by atoms with van der Waals surface area (Å²) >= 11 is 0. The van der Waals surface area contributed by atoms with Crippen LogP contribution in [0, 0.1) is 0 Å². The van der Waals surface area contributed by atoms with E-state index in [-0.39, 0.29) is 38.1 Å². The molecule has 1 atom stereocenters. The highest BCUT2D eigenvalue weighted by Crippen LogP contribution is 2.01. The molecule has 1 amide bonds. The molecule has 2 N–H and O–H groups in total. The zero-order valence-corrected chi connectivity index (χ0v) is 11.1. The molecule has 0 aromatic carbocycles. The number of rotatable bonds is 9. The van der Waals surface area contributed by atoms with Gasteiger partial charge >= 0.3 is 11.9 Å². The Labute approximate surface area is 111 Å². The second-order valence-electron chi connectivity index (χ2n) is 4.00. The van der Waals surface area contributed by atoms with Gasteiger partial charge in [-0.3, -0.25) is 9.59 Å². The Morgan fingerprint density at radius 1 is 1.16 bits per heavy atom. The molecule has 0 heterocycles. The lowest BCUT2D eigenvalue weighted by Crippen LogP contribution is -2.41. The van der Waals surface area contributed by atoms with Crippen molar-refractivity contribution in [1.29, 1.82) is 0 Å². The van der Waals surface area contributed by atoms with Gasteiger partial charge < -0.3 is 20.0 Å². The Morgan fingerprint density at radius 3 is 2.26 bits per heavy atom. The monoisotopic (exact) mass is 273 g/mol. The average molecular weight is 273 g/mol. The Bertz CT molecular complexity index is 352. The Morgan fingerprint density at radius 2 is 1.79 bits per heavy atom. The zero-order chi connectivity index (χ0) is 14.8. The van der Waals surface area contributed by atoms with Crippen LogP contribution >= 0.6 is 0 Å². The molecule has 0 rings (SSSR count). The van der Waals surface area contributed by atoms with Crippen LogP contribution in [-0.2, 0) is 23.9 Å². The van der Waals surface area contributed by atoms with Crippen LogP contribution in [0.25, 0.3) is 0 Å². The summed E-state index contributed by atoms with van der Waals surface area (Å²) in [6.45, 7) is 3.23. The molecule has 0 radical (unpaired) electrons. The lowest BCUT2D eigenvalue weighted by molar-refractivity contribution is -0.145. The highest BCUT2D eigenvalue weighted by Gasteiger charge is 2.20. The van der Waals surface area contributed by atoms with Crippen molar-refractivity contribution in [3.63, 3.8) is 0 Å². The number of carbonyl (C=O) groups excluding carboxylic acids is 3. The third-order valence-electron chi connectivity index (χ3n) is 2.28. The van der Waals surface area contributed by atoms with E-state index in [0.717, 1.165) is 0 Å². The van der Waals surface area contributed by atoms with Crippen molar-refractivity contribution in [3.05, 3.63) is 0 Å². The third-order valence-corrected chi connectivity index (χ3v) is 2.28. The number of carboxylic acid groups (broad SMARTS) is 1. The summed E-state index contributed by atoms with van der Waals surface area (Å²) < 4.78 is 4.64. The van der Waals surface area contributed by atoms with Gasteiger partial charge in [0.1, 0.15) is 11.8 Å². The van der Waals surface area contributed by atoms with Gasteiger partial charge in [0.2, 0.25) is 5.91 Å². The summed E-state index contributed by atoms with van der Waals surface area (Å²) in [5.74, 6) is -2.41. The molecule has 0 fully saturated rings. The number of ether oxygens (including phenoxy) is 1. The van der Waals surface area contributed by atoms with E-state index in [2.05, 4.69) is 10.1 Å². The average Bonchev–Trinajstić information content (AvgIpc) is 2.31. The molecule has 0 saturated carbocycles. The van der Waals surface area contributed by atoms with E-state index in [4.69, 9.17) is 5.11 Å². The summed E-state index contributed by atoms with van der Waals surface area (Å²) in [6.07, 6.45) is -0.119. The minimum atomic E-state index is -1.20. The SMILES string of the molecule is CCOC(=O)CCC(=O)N[C@@H](CCC(C)=O)C(=O)O. The number of esters is 1. The predicted molar refractivity (Wildman–Crippen MR) is 65.3 cm³/mol. The largest absolute Gasteiger partial charge is 0.480 e. The van der Waals surface area contributed by atoms with Crippen molar-refractivity contribution in [1.82, 2.24) is 5.32 Å². The molecule has 19 heavy (non-hydrogen) atoms. The van der Waals surface area contributed by atoms with Crippen LogP contribution in [0.4, 0.5) is 0 Å². The molecule has 0 spiro atoms. The van der Waals surface area contributed by atoms with E-state index < -0.39 is 23.9 Å². The molecule has 7 heteroatoms. The van der Waals surface area contributed by atoms with Crippen LogP contribution in [0.5, 0.6) is 0 Å². The number of nitrogens with one attached hydrogen (secondary N) is 1. The van der Waals surface area contributed by atoms with Crippen molar-refractivity contribution < 1.29 is 29.0 Å². The van der Waals surface area contributed by atoms with Crippen LogP contribution in [0.15, 0.2) is 0 Å². The molecular weight excluding hydrogens is 254 g/mol. The molecule has 0 aromatic rings. The van der Waals surface area contributed by atoms with Crippen LogP contribution in [0.3, 0.4) is 0 Å². The van der Waals surface area contributed by atoms with E-state index >= 15 is 0 Å². The molecule has 0 unspecified atom stereocenters. The quantitative estimate of drug-likeness (QED) is 0.583. The third kappa shape index (κ3) is 8.76. The maximum atomic E-state index is 11.4. The molecule has 0 aromatic heterocycles. The van der Waals surface area contributed by atoms with Gasteiger partial charge in [-0.15, -0.1) is 0 Å². The van der Waals surface area contributed by atoms with Crippen molar-refractivity contribution in [2.45, 2.75) is 45.6 Å². The van der Waals surface area contributed by atoms with Gasteiger partial charge in [-0.25, -0.2) is 4.79 Å². The fraction of sp³-hybridized carbons (Fsp3) is 0.667. The van der Waals surface area contributed by atoms with Crippen LogP contribution in [0.2, 0.25) is 0 Å². The maximum absolute atomic E-state index is 11.4. The standard InChI is InChI=1S/C12H19NO6/c1-3-19-11(16)7-6-10(15)13-9(12(17)18)5-4-8(2)14/h9H,3-7H2,1-2H3,(H,13,15)(H,17,18)/t9-/m0/s1. The van der Waals surface area contributed by atoms with Gasteiger partial charge in [0.05, 0.1) is 13.0 Å². The molecule has 0 bridgehead atoms.